The van der Waals surface area contributed by atoms with Crippen LogP contribution < -0.4 is 21.5 Å². The van der Waals surface area contributed by atoms with E-state index in [1.807, 2.05) is 6.07 Å². The molecule has 174 valence electrons. The lowest BCUT2D eigenvalue weighted by Gasteiger charge is -2.21. The Bertz CT molecular complexity index is 1260. The molecule has 4 unspecified atom stereocenters. The molecule has 11 heteroatoms. The molecule has 5 rings (SSSR count). The predicted octanol–water partition coefficient (Wildman–Crippen LogP) is 2.26. The molecule has 0 spiro atoms. The maximum atomic E-state index is 13.2. The van der Waals surface area contributed by atoms with Gasteiger partial charge in [-0.2, -0.15) is 9.61 Å². The summed E-state index contributed by atoms with van der Waals surface area (Å²) >= 11 is 0. The highest BCUT2D eigenvalue weighted by molar-refractivity contribution is 6.00. The lowest BCUT2D eigenvalue weighted by molar-refractivity contribution is 0.0739. The lowest BCUT2D eigenvalue weighted by atomic mass is 10.2. The van der Waals surface area contributed by atoms with E-state index in [2.05, 4.69) is 26.0 Å². The van der Waals surface area contributed by atoms with Crippen molar-refractivity contribution in [3.63, 3.8) is 0 Å². The first-order valence-corrected chi connectivity index (χ1v) is 11.0. The Balaban J connectivity index is 1.48. The number of nitrogens with zero attached hydrogens (tertiary/aromatic N) is 4. The Hall–Kier alpha value is -3.47. The Morgan fingerprint density at radius 3 is 2.88 bits per heavy atom. The van der Waals surface area contributed by atoms with Gasteiger partial charge in [0.2, 0.25) is 0 Å². The minimum absolute atomic E-state index is 0.00608. The quantitative estimate of drug-likeness (QED) is 0.501. The SMILES string of the molecule is CNc1cc(Nc2cccn(C3CCCC3OC)c2=O)nc2c(C(=O)NC3CC3F)cnn12. The van der Waals surface area contributed by atoms with Gasteiger partial charge in [0.05, 0.1) is 24.4 Å². The highest BCUT2D eigenvalue weighted by Gasteiger charge is 2.39. The lowest BCUT2D eigenvalue weighted by Crippen LogP contribution is -2.30. The first kappa shape index (κ1) is 21.4. The Kier molecular flexibility index (Phi) is 5.49. The van der Waals surface area contributed by atoms with Crippen molar-refractivity contribution < 1.29 is 13.9 Å². The van der Waals surface area contributed by atoms with Crippen molar-refractivity contribution in [2.45, 2.75) is 50.0 Å². The van der Waals surface area contributed by atoms with E-state index in [0.29, 0.717) is 29.4 Å². The van der Waals surface area contributed by atoms with Gasteiger partial charge >= 0.3 is 0 Å². The van der Waals surface area contributed by atoms with Gasteiger partial charge in [-0.25, -0.2) is 9.37 Å². The fourth-order valence-electron chi connectivity index (χ4n) is 4.43. The average Bonchev–Trinajstić information content (AvgIpc) is 3.20. The highest BCUT2D eigenvalue weighted by Crippen LogP contribution is 2.31. The molecule has 0 saturated heterocycles. The van der Waals surface area contributed by atoms with Gasteiger partial charge in [0.15, 0.2) is 5.65 Å². The number of ether oxygens (including phenoxy) is 1. The first-order valence-electron chi connectivity index (χ1n) is 11.0. The molecule has 0 bridgehead atoms. The van der Waals surface area contributed by atoms with Crippen molar-refractivity contribution in [2.75, 3.05) is 24.8 Å². The van der Waals surface area contributed by atoms with Gasteiger partial charge in [0.1, 0.15) is 29.1 Å². The molecule has 1 amide bonds. The number of rotatable bonds is 7. The van der Waals surface area contributed by atoms with Crippen molar-refractivity contribution in [1.29, 1.82) is 0 Å². The number of hydrogen-bond acceptors (Lipinski definition) is 7. The van der Waals surface area contributed by atoms with E-state index < -0.39 is 18.1 Å². The monoisotopic (exact) mass is 455 g/mol. The molecule has 0 radical (unpaired) electrons. The number of pyridine rings is 1. The zero-order valence-electron chi connectivity index (χ0n) is 18.4. The average molecular weight is 455 g/mol. The van der Waals surface area contributed by atoms with Crippen LogP contribution in [0.2, 0.25) is 0 Å². The van der Waals surface area contributed by atoms with Crippen LogP contribution in [-0.2, 0) is 4.74 Å². The van der Waals surface area contributed by atoms with Gasteiger partial charge in [-0.05, 0) is 31.4 Å². The smallest absolute Gasteiger partial charge is 0.274 e. The molecule has 33 heavy (non-hydrogen) atoms. The number of alkyl halides is 1. The molecule has 2 fully saturated rings. The van der Waals surface area contributed by atoms with Gasteiger partial charge in [0, 0.05) is 32.8 Å². The predicted molar refractivity (Wildman–Crippen MR) is 121 cm³/mol. The van der Waals surface area contributed by atoms with Crippen LogP contribution in [0.15, 0.2) is 35.4 Å². The first-order chi connectivity index (χ1) is 16.0. The summed E-state index contributed by atoms with van der Waals surface area (Å²) in [6, 6.07) is 4.72. The number of methoxy groups -OCH3 is 1. The third-order valence-electron chi connectivity index (χ3n) is 6.32. The molecule has 0 aliphatic heterocycles. The summed E-state index contributed by atoms with van der Waals surface area (Å²) in [5, 5.41) is 13.0. The third kappa shape index (κ3) is 3.92. The number of carbonyl (C=O) groups excluding carboxylic acids is 1. The molecule has 10 nitrogen and oxygen atoms in total. The van der Waals surface area contributed by atoms with Crippen LogP contribution >= 0.6 is 0 Å². The number of halogens is 1. The normalized spacial score (nSPS) is 24.1. The molecule has 3 heterocycles. The Labute approximate surface area is 189 Å². The molecule has 3 aromatic rings. The van der Waals surface area contributed by atoms with E-state index in [-0.39, 0.29) is 23.3 Å². The van der Waals surface area contributed by atoms with Crippen LogP contribution in [-0.4, -0.2) is 57.5 Å². The molecule has 2 aliphatic carbocycles. The van der Waals surface area contributed by atoms with E-state index in [1.165, 1.54) is 10.7 Å². The summed E-state index contributed by atoms with van der Waals surface area (Å²) in [7, 11) is 3.39. The molecule has 4 atom stereocenters. The summed E-state index contributed by atoms with van der Waals surface area (Å²) in [5.74, 6) is 0.513. The standard InChI is InChI=1S/C22H26FN7O3/c1-24-19-10-18(28-20-12(11-25-30(19)20)21(31)27-15-9-13(15)23)26-14-5-4-8-29(22(14)32)16-6-3-7-17(16)33-2/h4-5,8,10-11,13,15-17,24H,3,6-7,9H2,1-2H3,(H,26,28)(H,27,31). The maximum absolute atomic E-state index is 13.2. The molecule has 3 aromatic heterocycles. The van der Waals surface area contributed by atoms with Gasteiger partial charge in [-0.1, -0.05) is 0 Å². The van der Waals surface area contributed by atoms with Crippen LogP contribution in [0.1, 0.15) is 42.1 Å². The zero-order valence-corrected chi connectivity index (χ0v) is 18.4. The summed E-state index contributed by atoms with van der Waals surface area (Å²) in [4.78, 5) is 30.3. The number of nitrogens with one attached hydrogen (secondary N) is 3. The second kappa shape index (κ2) is 8.47. The van der Waals surface area contributed by atoms with E-state index in [9.17, 15) is 14.0 Å². The summed E-state index contributed by atoms with van der Waals surface area (Å²) in [6.07, 6.45) is 5.30. The molecular weight excluding hydrogens is 429 g/mol. The van der Waals surface area contributed by atoms with E-state index >= 15 is 0 Å². The summed E-state index contributed by atoms with van der Waals surface area (Å²) in [6.45, 7) is 0. The van der Waals surface area contributed by atoms with Gasteiger partial charge in [-0.15, -0.1) is 0 Å². The van der Waals surface area contributed by atoms with Gasteiger partial charge in [-0.3, -0.25) is 9.59 Å². The Morgan fingerprint density at radius 1 is 1.33 bits per heavy atom. The number of carbonyl (C=O) groups is 1. The van der Waals surface area contributed by atoms with Crippen molar-refractivity contribution in [2.24, 2.45) is 0 Å². The van der Waals surface area contributed by atoms with Gasteiger partial charge < -0.3 is 25.3 Å². The number of amides is 1. The number of fused-ring (bicyclic) bond motifs is 1. The minimum Gasteiger partial charge on any atom is -0.379 e. The second-order valence-electron chi connectivity index (χ2n) is 8.43. The summed E-state index contributed by atoms with van der Waals surface area (Å²) < 4.78 is 22.0. The zero-order chi connectivity index (χ0) is 23.1. The number of anilines is 3. The maximum Gasteiger partial charge on any atom is 0.274 e. The summed E-state index contributed by atoms with van der Waals surface area (Å²) in [5.41, 5.74) is 0.716. The van der Waals surface area contributed by atoms with Crippen LogP contribution in [0.25, 0.3) is 5.65 Å². The van der Waals surface area contributed by atoms with Crippen molar-refractivity contribution in [3.8, 4) is 0 Å². The van der Waals surface area contributed by atoms with Crippen molar-refractivity contribution in [3.05, 3.63) is 46.5 Å². The number of aromatic nitrogens is 4. The number of hydrogen-bond donors (Lipinski definition) is 3. The van der Waals surface area contributed by atoms with Gasteiger partial charge in [0.25, 0.3) is 11.5 Å². The van der Waals surface area contributed by atoms with Crippen LogP contribution in [0.4, 0.5) is 21.7 Å². The van der Waals surface area contributed by atoms with Crippen LogP contribution in [0, 0.1) is 0 Å². The van der Waals surface area contributed by atoms with Crippen molar-refractivity contribution in [1.82, 2.24) is 24.5 Å². The van der Waals surface area contributed by atoms with E-state index in [0.717, 1.165) is 19.3 Å². The van der Waals surface area contributed by atoms with Crippen molar-refractivity contribution >= 4 is 28.9 Å². The third-order valence-corrected chi connectivity index (χ3v) is 6.32. The molecule has 0 aromatic carbocycles. The Morgan fingerprint density at radius 2 is 2.15 bits per heavy atom. The fourth-order valence-corrected chi connectivity index (χ4v) is 4.43. The molecule has 3 N–H and O–H groups in total. The highest BCUT2D eigenvalue weighted by atomic mass is 19.1. The second-order valence-corrected chi connectivity index (χ2v) is 8.43. The van der Waals surface area contributed by atoms with E-state index in [4.69, 9.17) is 4.74 Å². The molecule has 2 saturated carbocycles. The topological polar surface area (TPSA) is 115 Å². The van der Waals surface area contributed by atoms with Crippen LogP contribution in [0.3, 0.4) is 0 Å². The van der Waals surface area contributed by atoms with E-state index in [1.54, 1.807) is 37.1 Å². The minimum atomic E-state index is -1.01. The van der Waals surface area contributed by atoms with Crippen LogP contribution in [0.5, 0.6) is 0 Å². The molecular formula is C22H26FN7O3. The largest absolute Gasteiger partial charge is 0.379 e. The molecule has 2 aliphatic rings. The fraction of sp³-hybridized carbons (Fsp3) is 0.455.